The maximum Gasteiger partial charge on any atom is 0.203 e. The van der Waals surface area contributed by atoms with Gasteiger partial charge in [0.15, 0.2) is 5.69 Å². The highest BCUT2D eigenvalue weighted by atomic mass is 35.5. The summed E-state index contributed by atoms with van der Waals surface area (Å²) in [5, 5.41) is 26.7. The minimum absolute atomic E-state index is 0.113. The van der Waals surface area contributed by atoms with Gasteiger partial charge in [-0.05, 0) is 41.4 Å². The van der Waals surface area contributed by atoms with Crippen LogP contribution in [0.3, 0.4) is 0 Å². The zero-order chi connectivity index (χ0) is 16.1. The number of oxime groups is 1. The molecule has 0 spiro atoms. The third-order valence-electron chi connectivity index (χ3n) is 3.26. The second-order valence-electron chi connectivity index (χ2n) is 5.22. The van der Waals surface area contributed by atoms with Crippen molar-refractivity contribution in [3.8, 4) is 0 Å². The number of hydrogen-bond acceptors (Lipinski definition) is 6. The van der Waals surface area contributed by atoms with E-state index in [1.165, 1.54) is 0 Å². The maximum absolute atomic E-state index is 9.25. The van der Waals surface area contributed by atoms with Gasteiger partial charge >= 0.3 is 0 Å². The van der Waals surface area contributed by atoms with Gasteiger partial charge in [0.1, 0.15) is 0 Å². The van der Waals surface area contributed by atoms with E-state index < -0.39 is 0 Å². The number of anilines is 2. The monoisotopic (exact) mass is 323 g/mol. The Hall–Kier alpha value is -2.28. The van der Waals surface area contributed by atoms with E-state index in [1.54, 1.807) is 24.3 Å². The molecule has 0 fully saturated rings. The van der Waals surface area contributed by atoms with E-state index in [4.69, 9.17) is 16.2 Å². The largest absolute Gasteiger partial charge is 0.409 e. The molecule has 0 radical (unpaired) electrons. The third-order valence-corrected chi connectivity index (χ3v) is 3.50. The molecule has 1 aromatic carbocycles. The van der Waals surface area contributed by atoms with Gasteiger partial charge < -0.3 is 15.8 Å². The van der Waals surface area contributed by atoms with Crippen molar-refractivity contribution in [2.24, 2.45) is 11.1 Å². The van der Waals surface area contributed by atoms with Crippen molar-refractivity contribution in [3.05, 3.63) is 35.0 Å². The molecule has 0 aliphatic carbocycles. The fourth-order valence-corrected chi connectivity index (χ4v) is 1.85. The van der Waals surface area contributed by atoms with Crippen LogP contribution in [0, 0.1) is 5.92 Å². The Morgan fingerprint density at radius 1 is 1.32 bits per heavy atom. The summed E-state index contributed by atoms with van der Waals surface area (Å²) in [5.74, 6) is 0.908. The molecule has 3 N–H and O–H groups in total. The fourth-order valence-electron chi connectivity index (χ4n) is 1.66. The van der Waals surface area contributed by atoms with Crippen molar-refractivity contribution >= 4 is 28.9 Å². The first-order chi connectivity index (χ1) is 10.5. The summed E-state index contributed by atoms with van der Waals surface area (Å²) in [7, 11) is 0. The van der Waals surface area contributed by atoms with Crippen LogP contribution in [-0.4, -0.2) is 27.4 Å². The van der Waals surface area contributed by atoms with Crippen molar-refractivity contribution in [3.63, 3.8) is 0 Å². The van der Waals surface area contributed by atoms with Gasteiger partial charge in [-0.1, -0.05) is 36.7 Å². The third kappa shape index (κ3) is 3.88. The highest BCUT2D eigenvalue weighted by Crippen LogP contribution is 2.19. The van der Waals surface area contributed by atoms with Gasteiger partial charge in [0.25, 0.3) is 0 Å². The molecule has 1 aromatic heterocycles. The quantitative estimate of drug-likeness (QED) is 0.338. The lowest BCUT2D eigenvalue weighted by Gasteiger charge is -2.17. The topological polar surface area (TPSA) is 95.6 Å². The lowest BCUT2D eigenvalue weighted by atomic mass is 10.1. The van der Waals surface area contributed by atoms with E-state index in [0.717, 1.165) is 0 Å². The van der Waals surface area contributed by atoms with Crippen LogP contribution < -0.4 is 10.6 Å². The second-order valence-corrected chi connectivity index (χ2v) is 5.66. The zero-order valence-electron chi connectivity index (χ0n) is 12.5. The highest BCUT2D eigenvalue weighted by Gasteiger charge is 2.20. The molecule has 0 aliphatic rings. The summed E-state index contributed by atoms with van der Waals surface area (Å²) in [6.45, 7) is 6.18. The van der Waals surface area contributed by atoms with Crippen LogP contribution in [0.2, 0.25) is 5.02 Å². The molecule has 0 saturated carbocycles. The Balaban J connectivity index is 2.20. The molecular formula is C14H18ClN5O2. The Kier molecular flexibility index (Phi) is 5.21. The van der Waals surface area contributed by atoms with Crippen LogP contribution in [0.25, 0.3) is 0 Å². The molecule has 1 unspecified atom stereocenters. The van der Waals surface area contributed by atoms with Gasteiger partial charge in [0.2, 0.25) is 11.7 Å². The summed E-state index contributed by atoms with van der Waals surface area (Å²) in [4.78, 5) is 0. The average molecular weight is 324 g/mol. The Morgan fingerprint density at radius 3 is 2.73 bits per heavy atom. The minimum Gasteiger partial charge on any atom is -0.409 e. The molecular weight excluding hydrogens is 306 g/mol. The molecule has 7 nitrogen and oxygen atoms in total. The van der Waals surface area contributed by atoms with Crippen LogP contribution in [0.4, 0.5) is 11.5 Å². The number of halogens is 1. The molecule has 0 amide bonds. The number of aromatic nitrogens is 2. The van der Waals surface area contributed by atoms with Crippen molar-refractivity contribution < 1.29 is 9.84 Å². The average Bonchev–Trinajstić information content (AvgIpc) is 2.92. The number of hydrogen-bond donors (Lipinski definition) is 3. The van der Waals surface area contributed by atoms with Crippen LogP contribution in [0.15, 0.2) is 34.1 Å². The SMILES string of the molecule is CC(C)C(C)Nc1nonc1/C(=N/O)Nc1cccc(Cl)c1. The molecule has 22 heavy (non-hydrogen) atoms. The molecule has 0 aliphatic heterocycles. The normalized spacial score (nSPS) is 13.2. The Labute approximate surface area is 133 Å². The van der Waals surface area contributed by atoms with Crippen LogP contribution >= 0.6 is 11.6 Å². The van der Waals surface area contributed by atoms with Gasteiger partial charge in [-0.25, -0.2) is 4.63 Å². The predicted molar refractivity (Wildman–Crippen MR) is 85.6 cm³/mol. The molecule has 0 saturated heterocycles. The summed E-state index contributed by atoms with van der Waals surface area (Å²) in [6.07, 6.45) is 0. The smallest absolute Gasteiger partial charge is 0.203 e. The highest BCUT2D eigenvalue weighted by molar-refractivity contribution is 6.31. The number of rotatable bonds is 5. The van der Waals surface area contributed by atoms with E-state index in [1.807, 2.05) is 6.92 Å². The summed E-state index contributed by atoms with van der Waals surface area (Å²) < 4.78 is 4.75. The summed E-state index contributed by atoms with van der Waals surface area (Å²) >= 11 is 5.93. The minimum atomic E-state index is 0.113. The lowest BCUT2D eigenvalue weighted by Crippen LogP contribution is -2.24. The number of nitrogens with zero attached hydrogens (tertiary/aromatic N) is 3. The standard InChI is InChI=1S/C14H18ClN5O2/c1-8(2)9(3)16-14-12(19-22-20-14)13(18-21)17-11-6-4-5-10(15)7-11/h4-9,21H,1-3H3,(H,16,20)(H,17,18). The second kappa shape index (κ2) is 7.13. The van der Waals surface area contributed by atoms with Gasteiger partial charge in [0.05, 0.1) is 0 Å². The molecule has 2 rings (SSSR count). The zero-order valence-corrected chi connectivity index (χ0v) is 13.3. The van der Waals surface area contributed by atoms with Gasteiger partial charge in [-0.2, -0.15) is 0 Å². The van der Waals surface area contributed by atoms with Crippen molar-refractivity contribution in [1.82, 2.24) is 10.3 Å². The molecule has 1 atom stereocenters. The fraction of sp³-hybridized carbons (Fsp3) is 0.357. The summed E-state index contributed by atoms with van der Waals surface area (Å²) in [5.41, 5.74) is 0.945. The first-order valence-corrected chi connectivity index (χ1v) is 7.23. The Bertz CT molecular complexity index is 656. The molecule has 118 valence electrons. The van der Waals surface area contributed by atoms with Crippen molar-refractivity contribution in [2.75, 3.05) is 10.6 Å². The van der Waals surface area contributed by atoms with E-state index in [2.05, 4.69) is 40.0 Å². The predicted octanol–water partition coefficient (Wildman–Crippen LogP) is 3.43. The number of amidine groups is 1. The van der Waals surface area contributed by atoms with Crippen LogP contribution in [0.5, 0.6) is 0 Å². The molecule has 1 heterocycles. The van der Waals surface area contributed by atoms with Gasteiger partial charge in [0, 0.05) is 16.8 Å². The molecule has 8 heteroatoms. The Morgan fingerprint density at radius 2 is 2.09 bits per heavy atom. The van der Waals surface area contributed by atoms with E-state index in [0.29, 0.717) is 22.4 Å². The first-order valence-electron chi connectivity index (χ1n) is 6.85. The van der Waals surface area contributed by atoms with Gasteiger partial charge in [-0.3, -0.25) is 0 Å². The number of nitrogens with one attached hydrogen (secondary N) is 2. The van der Waals surface area contributed by atoms with Crippen molar-refractivity contribution in [2.45, 2.75) is 26.8 Å². The molecule has 0 bridgehead atoms. The van der Waals surface area contributed by atoms with E-state index in [9.17, 15) is 5.21 Å². The molecule has 2 aromatic rings. The van der Waals surface area contributed by atoms with Crippen LogP contribution in [-0.2, 0) is 0 Å². The first kappa shape index (κ1) is 16.1. The van der Waals surface area contributed by atoms with E-state index >= 15 is 0 Å². The van der Waals surface area contributed by atoms with Gasteiger partial charge in [-0.15, -0.1) is 0 Å². The van der Waals surface area contributed by atoms with E-state index in [-0.39, 0.29) is 17.6 Å². The number of benzene rings is 1. The van der Waals surface area contributed by atoms with Crippen molar-refractivity contribution in [1.29, 1.82) is 0 Å². The maximum atomic E-state index is 9.25. The summed E-state index contributed by atoms with van der Waals surface area (Å²) in [6, 6.07) is 7.16. The van der Waals surface area contributed by atoms with Crippen LogP contribution in [0.1, 0.15) is 26.5 Å². The lowest BCUT2D eigenvalue weighted by molar-refractivity contribution is 0.304.